The fourth-order valence-electron chi connectivity index (χ4n) is 1.43. The van der Waals surface area contributed by atoms with Crippen LogP contribution in [0.5, 0.6) is 0 Å². The van der Waals surface area contributed by atoms with Gasteiger partial charge in [-0.05, 0) is 23.7 Å². The molecule has 0 aliphatic rings. The molecule has 3 aromatic heterocycles. The van der Waals surface area contributed by atoms with E-state index in [4.69, 9.17) is 0 Å². The second-order valence-electron chi connectivity index (χ2n) is 3.60. The molecule has 3 aromatic rings. The molecule has 10 heteroatoms. The fourth-order valence-corrected chi connectivity index (χ4v) is 1.92. The molecule has 0 amide bonds. The highest BCUT2D eigenvalue weighted by Gasteiger charge is 2.38. The van der Waals surface area contributed by atoms with Crippen LogP contribution in [0.2, 0.25) is 0 Å². The maximum Gasteiger partial charge on any atom is 0.471 e. The lowest BCUT2D eigenvalue weighted by molar-refractivity contribution is -0.159. The van der Waals surface area contributed by atoms with Gasteiger partial charge >= 0.3 is 12.1 Å². The minimum Gasteiger partial charge on any atom is -0.329 e. The van der Waals surface area contributed by atoms with Gasteiger partial charge < -0.3 is 4.52 Å². The van der Waals surface area contributed by atoms with Gasteiger partial charge in [-0.1, -0.05) is 5.16 Å². The summed E-state index contributed by atoms with van der Waals surface area (Å²) in [6.07, 6.45) is -1.87. The molecule has 0 spiro atoms. The lowest BCUT2D eigenvalue weighted by Crippen LogP contribution is -2.04. The molecule has 0 saturated carbocycles. The van der Waals surface area contributed by atoms with E-state index >= 15 is 0 Å². The van der Waals surface area contributed by atoms with Crippen LogP contribution >= 0.6 is 11.5 Å². The van der Waals surface area contributed by atoms with Gasteiger partial charge in [-0.15, -0.1) is 0 Å². The van der Waals surface area contributed by atoms with E-state index in [9.17, 15) is 13.2 Å². The van der Waals surface area contributed by atoms with Gasteiger partial charge in [0.25, 0.3) is 0 Å². The highest BCUT2D eigenvalue weighted by Crippen LogP contribution is 2.30. The van der Waals surface area contributed by atoms with E-state index in [1.807, 2.05) is 0 Å². The zero-order chi connectivity index (χ0) is 14.2. The van der Waals surface area contributed by atoms with Crippen molar-refractivity contribution in [2.24, 2.45) is 0 Å². The molecular formula is C10H4F3N5OS. The Balaban J connectivity index is 1.99. The standard InChI is InChI=1S/C10H4F3N5OS/c11-10(12,13)9-17-7(18-19-9)5-1-2-14-6(3-5)8-15-4-16-20-8/h1-4H. The number of pyridine rings is 1. The summed E-state index contributed by atoms with van der Waals surface area (Å²) in [6.45, 7) is 0. The van der Waals surface area contributed by atoms with Crippen LogP contribution in [0.25, 0.3) is 22.1 Å². The largest absolute Gasteiger partial charge is 0.471 e. The summed E-state index contributed by atoms with van der Waals surface area (Å²) >= 11 is 1.12. The average Bonchev–Trinajstić information content (AvgIpc) is 3.10. The summed E-state index contributed by atoms with van der Waals surface area (Å²) in [5, 5.41) is 3.86. The van der Waals surface area contributed by atoms with Gasteiger partial charge in [0.05, 0.1) is 0 Å². The second kappa shape index (κ2) is 4.63. The maximum absolute atomic E-state index is 12.4. The number of aromatic nitrogens is 5. The zero-order valence-corrected chi connectivity index (χ0v) is 10.3. The number of hydrogen-bond donors (Lipinski definition) is 0. The van der Waals surface area contributed by atoms with E-state index < -0.39 is 12.1 Å². The summed E-state index contributed by atoms with van der Waals surface area (Å²) in [7, 11) is 0. The number of rotatable bonds is 2. The van der Waals surface area contributed by atoms with Crippen molar-refractivity contribution in [3.63, 3.8) is 0 Å². The number of halogens is 3. The molecule has 3 rings (SSSR count). The van der Waals surface area contributed by atoms with Crippen LogP contribution in [0.3, 0.4) is 0 Å². The van der Waals surface area contributed by atoms with Crippen molar-refractivity contribution >= 4 is 11.5 Å². The van der Waals surface area contributed by atoms with Crippen LogP contribution in [0.15, 0.2) is 29.2 Å². The Hall–Kier alpha value is -2.36. The number of nitrogens with zero attached hydrogens (tertiary/aromatic N) is 5. The number of alkyl halides is 3. The minimum atomic E-state index is -4.67. The van der Waals surface area contributed by atoms with Crippen molar-refractivity contribution in [1.29, 1.82) is 0 Å². The highest BCUT2D eigenvalue weighted by atomic mass is 32.1. The molecule has 0 N–H and O–H groups in total. The highest BCUT2D eigenvalue weighted by molar-refractivity contribution is 7.09. The maximum atomic E-state index is 12.4. The summed E-state index contributed by atoms with van der Waals surface area (Å²) in [5.74, 6) is -1.55. The van der Waals surface area contributed by atoms with Crippen molar-refractivity contribution < 1.29 is 17.7 Å². The van der Waals surface area contributed by atoms with Crippen LogP contribution in [-0.4, -0.2) is 24.5 Å². The Bertz CT molecular complexity index is 725. The molecule has 0 aromatic carbocycles. The molecule has 0 aliphatic carbocycles. The van der Waals surface area contributed by atoms with E-state index in [0.29, 0.717) is 16.3 Å². The Morgan fingerprint density at radius 2 is 2.05 bits per heavy atom. The van der Waals surface area contributed by atoms with E-state index in [1.165, 1.54) is 24.7 Å². The first-order valence-corrected chi connectivity index (χ1v) is 5.96. The van der Waals surface area contributed by atoms with Crippen LogP contribution in [0.1, 0.15) is 5.89 Å². The van der Waals surface area contributed by atoms with Crippen molar-refractivity contribution in [3.05, 3.63) is 30.5 Å². The molecule has 0 radical (unpaired) electrons. The van der Waals surface area contributed by atoms with Crippen molar-refractivity contribution in [2.75, 3.05) is 0 Å². The molecule has 0 saturated heterocycles. The third kappa shape index (κ3) is 2.37. The first-order chi connectivity index (χ1) is 9.54. The van der Waals surface area contributed by atoms with Crippen LogP contribution in [-0.2, 0) is 6.18 Å². The second-order valence-corrected chi connectivity index (χ2v) is 4.38. The van der Waals surface area contributed by atoms with Crippen LogP contribution in [0.4, 0.5) is 13.2 Å². The van der Waals surface area contributed by atoms with Gasteiger partial charge in [0.15, 0.2) is 5.01 Å². The minimum absolute atomic E-state index is 0.162. The Labute approximate surface area is 113 Å². The molecule has 0 fully saturated rings. The summed E-state index contributed by atoms with van der Waals surface area (Å²) in [5.41, 5.74) is 0.827. The first kappa shape index (κ1) is 12.7. The van der Waals surface area contributed by atoms with Crippen LogP contribution < -0.4 is 0 Å². The Kier molecular flexibility index (Phi) is 2.93. The molecule has 20 heavy (non-hydrogen) atoms. The topological polar surface area (TPSA) is 77.6 Å². The quantitative estimate of drug-likeness (QED) is 0.724. The normalized spacial score (nSPS) is 11.8. The molecule has 0 bridgehead atoms. The van der Waals surface area contributed by atoms with Gasteiger partial charge in [0, 0.05) is 11.8 Å². The van der Waals surface area contributed by atoms with Crippen molar-refractivity contribution in [2.45, 2.75) is 6.18 Å². The summed E-state index contributed by atoms with van der Waals surface area (Å²) in [4.78, 5) is 11.3. The zero-order valence-electron chi connectivity index (χ0n) is 9.50. The lowest BCUT2D eigenvalue weighted by Gasteiger charge is -1.98. The Morgan fingerprint density at radius 1 is 1.20 bits per heavy atom. The molecule has 0 unspecified atom stereocenters. The molecular weight excluding hydrogens is 295 g/mol. The number of hydrogen-bond acceptors (Lipinski definition) is 7. The van der Waals surface area contributed by atoms with Crippen molar-refractivity contribution in [3.8, 4) is 22.1 Å². The van der Waals surface area contributed by atoms with E-state index in [-0.39, 0.29) is 5.82 Å². The monoisotopic (exact) mass is 299 g/mol. The van der Waals surface area contributed by atoms with Gasteiger partial charge in [0.2, 0.25) is 5.82 Å². The first-order valence-electron chi connectivity index (χ1n) is 5.18. The third-order valence-electron chi connectivity index (χ3n) is 2.27. The van der Waals surface area contributed by atoms with Gasteiger partial charge in [-0.3, -0.25) is 4.98 Å². The SMILES string of the molecule is FC(F)(F)c1nc(-c2ccnc(-c3ncns3)c2)no1. The predicted molar refractivity (Wildman–Crippen MR) is 61.4 cm³/mol. The Morgan fingerprint density at radius 3 is 2.70 bits per heavy atom. The van der Waals surface area contributed by atoms with E-state index in [2.05, 4.69) is 29.0 Å². The molecule has 3 heterocycles. The smallest absolute Gasteiger partial charge is 0.329 e. The predicted octanol–water partition coefficient (Wildman–Crippen LogP) is 2.67. The van der Waals surface area contributed by atoms with Crippen LogP contribution in [0, 0.1) is 0 Å². The van der Waals surface area contributed by atoms with Gasteiger partial charge in [-0.2, -0.15) is 22.5 Å². The average molecular weight is 299 g/mol. The van der Waals surface area contributed by atoms with Gasteiger partial charge in [-0.25, -0.2) is 4.98 Å². The van der Waals surface area contributed by atoms with E-state index in [0.717, 1.165) is 11.5 Å². The molecule has 102 valence electrons. The molecule has 0 atom stereocenters. The summed E-state index contributed by atoms with van der Waals surface area (Å²) < 4.78 is 45.2. The van der Waals surface area contributed by atoms with Gasteiger partial charge in [0.1, 0.15) is 12.0 Å². The lowest BCUT2D eigenvalue weighted by atomic mass is 10.2. The molecule has 0 aliphatic heterocycles. The molecule has 6 nitrogen and oxygen atoms in total. The van der Waals surface area contributed by atoms with Crippen molar-refractivity contribution in [1.82, 2.24) is 24.5 Å². The van der Waals surface area contributed by atoms with E-state index in [1.54, 1.807) is 0 Å². The third-order valence-corrected chi connectivity index (χ3v) is 2.95. The fraction of sp³-hybridized carbons (Fsp3) is 0.100. The summed E-state index contributed by atoms with van der Waals surface area (Å²) in [6, 6.07) is 3.00.